The monoisotopic (exact) mass is 404 g/mol. The number of carbonyl (C=O) groups excluding carboxylic acids is 1. The van der Waals surface area contributed by atoms with E-state index in [0.29, 0.717) is 17.6 Å². The summed E-state index contributed by atoms with van der Waals surface area (Å²) in [5, 5.41) is 2.21. The van der Waals surface area contributed by atoms with Gasteiger partial charge < -0.3 is 9.47 Å². The molecule has 0 radical (unpaired) electrons. The van der Waals surface area contributed by atoms with Crippen molar-refractivity contribution in [3.05, 3.63) is 48.7 Å². The molecule has 3 heterocycles. The third-order valence-electron chi connectivity index (χ3n) is 5.99. The quantitative estimate of drug-likeness (QED) is 0.628. The number of nitrogens with zero attached hydrogens (tertiary/aromatic N) is 4. The first-order valence-corrected chi connectivity index (χ1v) is 10.9. The van der Waals surface area contributed by atoms with Crippen LogP contribution >= 0.6 is 0 Å². The second-order valence-corrected chi connectivity index (χ2v) is 9.88. The van der Waals surface area contributed by atoms with E-state index < -0.39 is 0 Å². The molecule has 1 aromatic carbocycles. The Morgan fingerprint density at radius 1 is 1.10 bits per heavy atom. The number of ketones is 1. The Kier molecular flexibility index (Phi) is 5.74. The molecule has 0 unspecified atom stereocenters. The van der Waals surface area contributed by atoms with Crippen molar-refractivity contribution in [1.29, 1.82) is 0 Å². The molecule has 4 rings (SSSR count). The first-order chi connectivity index (χ1) is 14.3. The molecule has 158 valence electrons. The van der Waals surface area contributed by atoms with E-state index in [2.05, 4.69) is 59.9 Å². The van der Waals surface area contributed by atoms with E-state index in [1.54, 1.807) is 0 Å². The number of fused-ring (bicyclic) bond motifs is 1. The van der Waals surface area contributed by atoms with Gasteiger partial charge in [0, 0.05) is 48.8 Å². The number of hydrogen-bond acceptors (Lipinski definition) is 4. The molecule has 0 spiro atoms. The van der Waals surface area contributed by atoms with Crippen molar-refractivity contribution in [2.45, 2.75) is 40.0 Å². The smallest absolute Gasteiger partial charge is 0.142 e. The van der Waals surface area contributed by atoms with Gasteiger partial charge in [-0.3, -0.25) is 9.78 Å². The summed E-state index contributed by atoms with van der Waals surface area (Å²) in [7, 11) is 2.00. The van der Waals surface area contributed by atoms with Crippen molar-refractivity contribution >= 4 is 16.6 Å². The Morgan fingerprint density at radius 2 is 1.87 bits per heavy atom. The average Bonchev–Trinajstić information content (AvgIpc) is 3.12. The van der Waals surface area contributed by atoms with Crippen molar-refractivity contribution < 1.29 is 4.79 Å². The van der Waals surface area contributed by atoms with Crippen LogP contribution in [0.15, 0.2) is 43.0 Å². The number of aromatic nitrogens is 3. The fourth-order valence-corrected chi connectivity index (χ4v) is 4.48. The van der Waals surface area contributed by atoms with E-state index in [4.69, 9.17) is 0 Å². The molecule has 1 fully saturated rings. The number of imidazole rings is 1. The highest BCUT2D eigenvalue weighted by Crippen LogP contribution is 2.26. The number of pyridine rings is 1. The summed E-state index contributed by atoms with van der Waals surface area (Å²) < 4.78 is 2.01. The molecule has 0 amide bonds. The molecule has 1 aliphatic rings. The highest BCUT2D eigenvalue weighted by Gasteiger charge is 2.27. The summed E-state index contributed by atoms with van der Waals surface area (Å²) in [5.74, 6) is 0.500. The summed E-state index contributed by atoms with van der Waals surface area (Å²) in [4.78, 5) is 24.2. The largest absolute Gasteiger partial charge is 0.334 e. The molecule has 2 aromatic heterocycles. The number of rotatable bonds is 5. The van der Waals surface area contributed by atoms with E-state index >= 15 is 0 Å². The number of aryl methyl sites for hydroxylation is 1. The van der Waals surface area contributed by atoms with Crippen molar-refractivity contribution in [3.63, 3.8) is 0 Å². The maximum absolute atomic E-state index is 12.9. The predicted octanol–water partition coefficient (Wildman–Crippen LogP) is 4.51. The number of carbonyl (C=O) groups is 1. The van der Waals surface area contributed by atoms with Crippen molar-refractivity contribution in [2.75, 3.05) is 19.6 Å². The Bertz CT molecular complexity index is 1040. The van der Waals surface area contributed by atoms with E-state index in [9.17, 15) is 4.79 Å². The molecule has 30 heavy (non-hydrogen) atoms. The average molecular weight is 405 g/mol. The minimum Gasteiger partial charge on any atom is -0.334 e. The number of Topliss-reactive ketones (excluding diaryl/α,β-unsaturated/α-hetero) is 1. The molecule has 0 bridgehead atoms. The molecule has 0 N–H and O–H groups in total. The van der Waals surface area contributed by atoms with Crippen LogP contribution < -0.4 is 0 Å². The normalized spacial score (nSPS) is 16.3. The zero-order chi connectivity index (χ0) is 21.3. The zero-order valence-corrected chi connectivity index (χ0v) is 18.6. The fourth-order valence-electron chi connectivity index (χ4n) is 4.48. The molecular formula is C25H32N4O. The summed E-state index contributed by atoms with van der Waals surface area (Å²) in [6.45, 7) is 9.96. The molecule has 3 aromatic rings. The van der Waals surface area contributed by atoms with Crippen LogP contribution in [0.2, 0.25) is 0 Å². The molecular weight excluding hydrogens is 372 g/mol. The maximum Gasteiger partial charge on any atom is 0.142 e. The van der Waals surface area contributed by atoms with Crippen LogP contribution in [0, 0.1) is 11.3 Å². The molecule has 5 heteroatoms. The Hall–Kier alpha value is -2.53. The highest BCUT2D eigenvalue weighted by atomic mass is 16.1. The lowest BCUT2D eigenvalue weighted by Gasteiger charge is -2.35. The second kappa shape index (κ2) is 8.31. The molecule has 5 nitrogen and oxygen atoms in total. The second-order valence-electron chi connectivity index (χ2n) is 9.88. The maximum atomic E-state index is 12.9. The number of benzene rings is 1. The van der Waals surface area contributed by atoms with Crippen molar-refractivity contribution in [1.82, 2.24) is 19.4 Å². The minimum atomic E-state index is 0.166. The third kappa shape index (κ3) is 4.78. The summed E-state index contributed by atoms with van der Waals surface area (Å²) >= 11 is 0. The SMILES string of the molecule is Cn1cncc1-c1ccc2cnc(CC(=O)C3CCN(CC(C)(C)C)CC3)cc2c1. The summed E-state index contributed by atoms with van der Waals surface area (Å²) in [5.41, 5.74) is 3.37. The number of likely N-dealkylation sites (tertiary alicyclic amines) is 1. The summed E-state index contributed by atoms with van der Waals surface area (Å²) in [6.07, 6.45) is 7.93. The fraction of sp³-hybridized carbons (Fsp3) is 0.480. The zero-order valence-electron chi connectivity index (χ0n) is 18.6. The van der Waals surface area contributed by atoms with Gasteiger partial charge in [0.15, 0.2) is 0 Å². The van der Waals surface area contributed by atoms with Crippen LogP contribution in [0.5, 0.6) is 0 Å². The first kappa shape index (κ1) is 20.7. The predicted molar refractivity (Wildman–Crippen MR) is 121 cm³/mol. The van der Waals surface area contributed by atoms with Gasteiger partial charge in [-0.05, 0) is 48.9 Å². The Morgan fingerprint density at radius 3 is 2.53 bits per heavy atom. The van der Waals surface area contributed by atoms with Gasteiger partial charge in [-0.1, -0.05) is 32.9 Å². The van der Waals surface area contributed by atoms with Gasteiger partial charge in [0.25, 0.3) is 0 Å². The minimum absolute atomic E-state index is 0.166. The van der Waals surface area contributed by atoms with Crippen molar-refractivity contribution in [3.8, 4) is 11.3 Å². The van der Waals surface area contributed by atoms with E-state index in [1.807, 2.05) is 30.3 Å². The Labute approximate surface area is 179 Å². The van der Waals surface area contributed by atoms with Gasteiger partial charge in [-0.15, -0.1) is 0 Å². The third-order valence-corrected chi connectivity index (χ3v) is 5.99. The standard InChI is InChI=1S/C25H32N4O/c1-25(2,3)16-29-9-7-18(8-10-29)24(30)13-22-12-21-11-19(5-6-20(21)14-27-22)23-15-26-17-28(23)4/h5-6,11-12,14-15,17-18H,7-10,13,16H2,1-4H3. The van der Waals surface area contributed by atoms with Gasteiger partial charge in [-0.2, -0.15) is 0 Å². The number of hydrogen-bond donors (Lipinski definition) is 0. The van der Waals surface area contributed by atoms with Gasteiger partial charge in [0.2, 0.25) is 0 Å². The lowest BCUT2D eigenvalue weighted by atomic mass is 9.88. The van der Waals surface area contributed by atoms with Gasteiger partial charge in [0.1, 0.15) is 5.78 Å². The van der Waals surface area contributed by atoms with Crippen LogP contribution in [-0.4, -0.2) is 44.9 Å². The van der Waals surface area contributed by atoms with Crippen LogP contribution in [0.3, 0.4) is 0 Å². The lowest BCUT2D eigenvalue weighted by Crippen LogP contribution is -2.40. The highest BCUT2D eigenvalue weighted by molar-refractivity contribution is 5.88. The van der Waals surface area contributed by atoms with Crippen LogP contribution in [-0.2, 0) is 18.3 Å². The van der Waals surface area contributed by atoms with E-state index in [0.717, 1.165) is 60.2 Å². The van der Waals surface area contributed by atoms with Crippen LogP contribution in [0.1, 0.15) is 39.3 Å². The summed E-state index contributed by atoms with van der Waals surface area (Å²) in [6, 6.07) is 8.41. The molecule has 1 saturated heterocycles. The Balaban J connectivity index is 1.43. The van der Waals surface area contributed by atoms with Crippen LogP contribution in [0.25, 0.3) is 22.0 Å². The molecule has 0 aliphatic carbocycles. The molecule has 0 atom stereocenters. The lowest BCUT2D eigenvalue weighted by molar-refractivity contribution is -0.123. The molecule has 1 aliphatic heterocycles. The van der Waals surface area contributed by atoms with E-state index in [-0.39, 0.29) is 5.92 Å². The topological polar surface area (TPSA) is 51.0 Å². The van der Waals surface area contributed by atoms with Gasteiger partial charge in [0.05, 0.1) is 18.2 Å². The van der Waals surface area contributed by atoms with Gasteiger partial charge >= 0.3 is 0 Å². The first-order valence-electron chi connectivity index (χ1n) is 10.9. The van der Waals surface area contributed by atoms with Crippen LogP contribution in [0.4, 0.5) is 0 Å². The molecule has 0 saturated carbocycles. The number of piperidine rings is 1. The van der Waals surface area contributed by atoms with Gasteiger partial charge in [-0.25, -0.2) is 4.98 Å². The van der Waals surface area contributed by atoms with Crippen molar-refractivity contribution in [2.24, 2.45) is 18.4 Å². The van der Waals surface area contributed by atoms with E-state index in [1.165, 1.54) is 0 Å².